The number of hydrogen-bond donors (Lipinski definition) is 0. The van der Waals surface area contributed by atoms with Crippen LogP contribution in [0.25, 0.3) is 0 Å². The van der Waals surface area contributed by atoms with Crippen molar-refractivity contribution in [3.05, 3.63) is 0 Å². The Hall–Kier alpha value is -0.350. The van der Waals surface area contributed by atoms with Gasteiger partial charge in [0.2, 0.25) is 0 Å². The van der Waals surface area contributed by atoms with E-state index in [-0.39, 0.29) is 12.8 Å². The topological polar surface area (TPSA) is 0 Å². The Morgan fingerprint density at radius 2 is 1.50 bits per heavy atom. The first-order chi connectivity index (χ1) is 5.30. The van der Waals surface area contributed by atoms with E-state index in [0.29, 0.717) is 0 Å². The van der Waals surface area contributed by atoms with Crippen LogP contribution in [0.15, 0.2) is 0 Å². The molecule has 0 bridgehead atoms. The number of alkyl halides is 5. The molecule has 1 unspecified atom stereocenters. The quantitative estimate of drug-likeness (QED) is 0.552. The van der Waals surface area contributed by atoms with E-state index in [4.69, 9.17) is 0 Å². The molecule has 0 aromatic rings. The minimum atomic E-state index is -4.43. The molecule has 0 aromatic carbocycles. The Kier molecular flexibility index (Phi) is 1.22. The van der Waals surface area contributed by atoms with Crippen molar-refractivity contribution in [1.29, 1.82) is 0 Å². The van der Waals surface area contributed by atoms with Crippen molar-refractivity contribution < 1.29 is 22.0 Å². The summed E-state index contributed by atoms with van der Waals surface area (Å²) in [5.74, 6) is -4.48. The molecule has 0 amide bonds. The van der Waals surface area contributed by atoms with E-state index in [1.165, 1.54) is 0 Å². The standard InChI is InChI=1S/C7H7F5/c8-6(9)3-4(6)5(1-2-5)7(10,11)12/h4H,1-3H2. The van der Waals surface area contributed by atoms with Gasteiger partial charge >= 0.3 is 6.18 Å². The third kappa shape index (κ3) is 0.880. The van der Waals surface area contributed by atoms with Crippen LogP contribution in [0, 0.1) is 11.3 Å². The normalized spacial score (nSPS) is 36.2. The Bertz CT molecular complexity index is 212. The minimum absolute atomic E-state index is 0.114. The van der Waals surface area contributed by atoms with Gasteiger partial charge in [-0.2, -0.15) is 13.2 Å². The fourth-order valence-corrected chi connectivity index (χ4v) is 1.78. The van der Waals surface area contributed by atoms with Crippen molar-refractivity contribution in [3.8, 4) is 0 Å². The maximum absolute atomic E-state index is 12.4. The van der Waals surface area contributed by atoms with Gasteiger partial charge in [0.05, 0.1) is 5.41 Å². The molecule has 2 rings (SSSR count). The average molecular weight is 186 g/mol. The Balaban J connectivity index is 2.15. The highest BCUT2D eigenvalue weighted by Crippen LogP contribution is 2.73. The van der Waals surface area contributed by atoms with Gasteiger partial charge in [-0.05, 0) is 12.8 Å². The predicted molar refractivity (Wildman–Crippen MR) is 30.8 cm³/mol. The van der Waals surface area contributed by atoms with Gasteiger partial charge in [-0.15, -0.1) is 0 Å². The summed E-state index contributed by atoms with van der Waals surface area (Å²) in [5.41, 5.74) is -2.02. The zero-order chi connectivity index (χ0) is 9.20. The summed E-state index contributed by atoms with van der Waals surface area (Å²) in [4.78, 5) is 0. The SMILES string of the molecule is FC1(F)CC1C1(C(F)(F)F)CC1. The largest absolute Gasteiger partial charge is 0.394 e. The maximum atomic E-state index is 12.4. The fraction of sp³-hybridized carbons (Fsp3) is 1.00. The second kappa shape index (κ2) is 1.77. The molecular formula is C7H7F5. The van der Waals surface area contributed by atoms with Crippen molar-refractivity contribution in [2.75, 3.05) is 0 Å². The molecule has 0 nitrogen and oxygen atoms in total. The van der Waals surface area contributed by atoms with E-state index in [2.05, 4.69) is 0 Å². The monoisotopic (exact) mass is 186 g/mol. The lowest BCUT2D eigenvalue weighted by molar-refractivity contribution is -0.200. The molecule has 0 saturated heterocycles. The van der Waals surface area contributed by atoms with Gasteiger partial charge in [0, 0.05) is 12.3 Å². The van der Waals surface area contributed by atoms with Gasteiger partial charge in [0.1, 0.15) is 0 Å². The fourth-order valence-electron chi connectivity index (χ4n) is 1.78. The zero-order valence-corrected chi connectivity index (χ0v) is 6.09. The third-order valence-electron chi connectivity index (χ3n) is 2.85. The molecule has 0 aromatic heterocycles. The Morgan fingerprint density at radius 3 is 1.58 bits per heavy atom. The van der Waals surface area contributed by atoms with Gasteiger partial charge in [0.25, 0.3) is 5.92 Å². The van der Waals surface area contributed by atoms with E-state index in [0.717, 1.165) is 0 Å². The third-order valence-corrected chi connectivity index (χ3v) is 2.85. The summed E-state index contributed by atoms with van der Waals surface area (Å²) < 4.78 is 61.3. The van der Waals surface area contributed by atoms with Crippen molar-refractivity contribution in [3.63, 3.8) is 0 Å². The van der Waals surface area contributed by atoms with E-state index < -0.39 is 29.9 Å². The lowest BCUT2D eigenvalue weighted by Gasteiger charge is -2.18. The summed E-state index contributed by atoms with van der Waals surface area (Å²) in [6.45, 7) is 0. The highest BCUT2D eigenvalue weighted by Gasteiger charge is 2.79. The van der Waals surface area contributed by atoms with E-state index in [1.807, 2.05) is 0 Å². The molecule has 0 spiro atoms. The summed E-state index contributed by atoms with van der Waals surface area (Å²) in [7, 11) is 0. The number of hydrogen-bond acceptors (Lipinski definition) is 0. The molecular weight excluding hydrogens is 179 g/mol. The summed E-state index contributed by atoms with van der Waals surface area (Å²) in [6.07, 6.45) is -5.24. The van der Waals surface area contributed by atoms with Crippen LogP contribution in [-0.4, -0.2) is 12.1 Å². The lowest BCUT2D eigenvalue weighted by atomic mass is 10.00. The molecule has 0 heterocycles. The predicted octanol–water partition coefficient (Wildman–Crippen LogP) is 2.98. The summed E-state index contributed by atoms with van der Waals surface area (Å²) in [5, 5.41) is 0. The molecule has 12 heavy (non-hydrogen) atoms. The van der Waals surface area contributed by atoms with Crippen molar-refractivity contribution in [1.82, 2.24) is 0 Å². The first-order valence-electron chi connectivity index (χ1n) is 3.74. The Morgan fingerprint density at radius 1 is 1.08 bits per heavy atom. The number of halogens is 5. The average Bonchev–Trinajstić information content (AvgIpc) is 2.62. The van der Waals surface area contributed by atoms with E-state index in [1.54, 1.807) is 0 Å². The smallest absolute Gasteiger partial charge is 0.207 e. The zero-order valence-electron chi connectivity index (χ0n) is 6.09. The molecule has 1 atom stereocenters. The molecule has 0 radical (unpaired) electrons. The van der Waals surface area contributed by atoms with Crippen molar-refractivity contribution in [2.24, 2.45) is 11.3 Å². The van der Waals surface area contributed by atoms with Crippen molar-refractivity contribution in [2.45, 2.75) is 31.4 Å². The van der Waals surface area contributed by atoms with E-state index in [9.17, 15) is 22.0 Å². The van der Waals surface area contributed by atoms with Crippen molar-refractivity contribution >= 4 is 0 Å². The molecule has 2 aliphatic carbocycles. The molecule has 5 heteroatoms. The molecule has 2 fully saturated rings. The summed E-state index contributed by atoms with van der Waals surface area (Å²) in [6, 6.07) is 0. The lowest BCUT2D eigenvalue weighted by Crippen LogP contribution is -2.28. The highest BCUT2D eigenvalue weighted by molar-refractivity contribution is 5.15. The van der Waals surface area contributed by atoms with E-state index >= 15 is 0 Å². The number of rotatable bonds is 1. The molecule has 2 aliphatic rings. The van der Waals surface area contributed by atoms with Gasteiger partial charge < -0.3 is 0 Å². The second-order valence-electron chi connectivity index (χ2n) is 3.67. The summed E-state index contributed by atoms with van der Waals surface area (Å²) >= 11 is 0. The van der Waals surface area contributed by atoms with Gasteiger partial charge in [-0.1, -0.05) is 0 Å². The van der Waals surface area contributed by atoms with Crippen LogP contribution in [0.1, 0.15) is 19.3 Å². The van der Waals surface area contributed by atoms with Crippen LogP contribution in [0.3, 0.4) is 0 Å². The highest BCUT2D eigenvalue weighted by atomic mass is 19.4. The maximum Gasteiger partial charge on any atom is 0.394 e. The van der Waals surface area contributed by atoms with Gasteiger partial charge in [-0.3, -0.25) is 0 Å². The van der Waals surface area contributed by atoms with Gasteiger partial charge in [0.15, 0.2) is 0 Å². The molecule has 2 saturated carbocycles. The van der Waals surface area contributed by atoms with Crippen LogP contribution in [0.5, 0.6) is 0 Å². The van der Waals surface area contributed by atoms with Crippen LogP contribution in [-0.2, 0) is 0 Å². The molecule has 70 valence electrons. The van der Waals surface area contributed by atoms with Gasteiger partial charge in [-0.25, -0.2) is 8.78 Å². The van der Waals surface area contributed by atoms with Crippen LogP contribution in [0.4, 0.5) is 22.0 Å². The van der Waals surface area contributed by atoms with Crippen LogP contribution >= 0.6 is 0 Å². The first kappa shape index (κ1) is 8.26. The molecule has 0 N–H and O–H groups in total. The van der Waals surface area contributed by atoms with Crippen LogP contribution < -0.4 is 0 Å². The minimum Gasteiger partial charge on any atom is -0.207 e. The second-order valence-corrected chi connectivity index (χ2v) is 3.67. The first-order valence-corrected chi connectivity index (χ1v) is 3.74. The Labute approximate surface area is 65.7 Å². The molecule has 0 aliphatic heterocycles. The van der Waals surface area contributed by atoms with Crippen LogP contribution in [0.2, 0.25) is 0 Å².